The Hall–Kier alpha value is -9.40. The fourth-order valence-electron chi connectivity index (χ4n) is 10.7. The summed E-state index contributed by atoms with van der Waals surface area (Å²) in [4.78, 5) is 60.9. The van der Waals surface area contributed by atoms with Crippen molar-refractivity contribution in [2.75, 3.05) is 87.0 Å². The van der Waals surface area contributed by atoms with Crippen molar-refractivity contribution < 1.29 is 95.3 Å². The quantitative estimate of drug-likeness (QED) is 0.0100. The van der Waals surface area contributed by atoms with Gasteiger partial charge in [0.1, 0.15) is 33.4 Å². The summed E-state index contributed by atoms with van der Waals surface area (Å²) >= 11 is 6.83. The molecular weight excluding hydrogens is 1400 g/mol. The second-order valence-corrected chi connectivity index (χ2v) is 27.9. The van der Waals surface area contributed by atoms with Crippen molar-refractivity contribution in [1.29, 1.82) is 0 Å². The highest BCUT2D eigenvalue weighted by Crippen LogP contribution is 2.31. The Bertz CT molecular complexity index is 4450. The van der Waals surface area contributed by atoms with E-state index in [1.54, 1.807) is 59.3 Å². The van der Waals surface area contributed by atoms with Gasteiger partial charge in [-0.3, -0.25) is 23.4 Å². The summed E-state index contributed by atoms with van der Waals surface area (Å²) in [7, 11) is 2.71. The van der Waals surface area contributed by atoms with Crippen molar-refractivity contribution >= 4 is 111 Å². The molecule has 1 heterocycles. The van der Waals surface area contributed by atoms with Gasteiger partial charge < -0.3 is 63.6 Å². The smallest absolute Gasteiger partial charge is 0.326 e. The number of carbonyl (C=O) groups is 5. The van der Waals surface area contributed by atoms with E-state index >= 15 is 0 Å². The monoisotopic (exact) mass is 1500 g/mol. The molecule has 562 valence electrons. The molecule has 9 aromatic carbocycles. The maximum atomic E-state index is 12.5. The molecule has 0 aromatic heterocycles. The van der Waals surface area contributed by atoms with E-state index in [2.05, 4.69) is 0 Å². The summed E-state index contributed by atoms with van der Waals surface area (Å²) in [6.45, 7) is 10.5. The first-order valence-corrected chi connectivity index (χ1v) is 37.2. The van der Waals surface area contributed by atoms with Gasteiger partial charge >= 0.3 is 29.8 Å². The number of likely N-dealkylation sites (tertiary alicyclic amines) is 1. The summed E-state index contributed by atoms with van der Waals surface area (Å²) in [5.74, 6) is -0.260. The topological polar surface area (TPSA) is 298 Å². The predicted octanol–water partition coefficient (Wildman–Crippen LogP) is 14.3. The lowest BCUT2D eigenvalue weighted by atomic mass is 9.98. The van der Waals surface area contributed by atoms with Crippen LogP contribution in [0.25, 0.3) is 43.1 Å². The van der Waals surface area contributed by atoms with E-state index in [1.807, 2.05) is 166 Å². The van der Waals surface area contributed by atoms with Crippen LogP contribution >= 0.6 is 24.0 Å². The zero-order valence-corrected chi connectivity index (χ0v) is 63.1. The number of benzene rings is 9. The predicted molar refractivity (Wildman–Crippen MR) is 413 cm³/mol. The molecular formula is C81H95NO20S3. The van der Waals surface area contributed by atoms with Crippen LogP contribution in [0.5, 0.6) is 23.0 Å². The highest BCUT2D eigenvalue weighted by Gasteiger charge is 2.32. The first-order valence-electron chi connectivity index (χ1n) is 34.4. The number of nitrogens with zero attached hydrogens (tertiary/aromatic N) is 1. The summed E-state index contributed by atoms with van der Waals surface area (Å²) in [5, 5.41) is 51.1. The molecule has 0 spiro atoms. The Kier molecular flexibility index (Phi) is 34.7. The SMILES string of the molecule is COc1ccc2cc(C(C)C(=O)O)ccc2c1.COc1ccc2cc(C(C)C(=O)OCCCO)ccc2c1.COc1ccc2cc(C(C)C(=O)OCCCOS(=O)(=O)c3ccc(C)cc3)ccc2c1.COc1ccc2cc(C(C)C(=O)OCCCSC(=S)N3CCCC3C(=O)O)ccc2c1.OCCCO. The van der Waals surface area contributed by atoms with Gasteiger partial charge in [-0.1, -0.05) is 139 Å². The minimum atomic E-state index is -3.81. The number of hydrogen-bond acceptors (Lipinski definition) is 20. The maximum absolute atomic E-state index is 12.5. The van der Waals surface area contributed by atoms with Gasteiger partial charge in [-0.05, 0) is 186 Å². The number of esters is 3. The molecule has 5 unspecified atom stereocenters. The van der Waals surface area contributed by atoms with Gasteiger partial charge in [-0.15, -0.1) is 0 Å². The van der Waals surface area contributed by atoms with Gasteiger partial charge in [-0.2, -0.15) is 8.42 Å². The Morgan fingerprint density at radius 1 is 0.467 bits per heavy atom. The summed E-state index contributed by atoms with van der Waals surface area (Å²) in [5.41, 5.74) is 4.45. The van der Waals surface area contributed by atoms with Gasteiger partial charge in [-0.25, -0.2) is 4.79 Å². The van der Waals surface area contributed by atoms with E-state index in [-0.39, 0.29) is 80.7 Å². The molecule has 10 rings (SSSR count). The number of thioether (sulfide) groups is 1. The van der Waals surface area contributed by atoms with E-state index in [1.165, 1.54) is 23.9 Å². The molecule has 1 saturated heterocycles. The van der Waals surface area contributed by atoms with Crippen molar-refractivity contribution in [3.8, 4) is 23.0 Å². The van der Waals surface area contributed by atoms with Gasteiger partial charge in [0, 0.05) is 45.0 Å². The maximum Gasteiger partial charge on any atom is 0.326 e. The number of fused-ring (bicyclic) bond motifs is 4. The van der Waals surface area contributed by atoms with E-state index in [4.69, 9.17) is 70.0 Å². The standard InChI is InChI=1S/C24H26O6S.C23H27NO5S2.C17H20O4.C14H14O3.C3H8O2/c1-17-5-11-23(12-6-17)31(26,27)30-14-4-13-29-24(25)18(2)19-7-8-21-16-22(28-3)10-9-20(21)15-19;1-15(16-6-7-18-14-19(28-2)9-8-17(18)13-16)22(27)29-11-4-12-31-23(30)24-10-3-5-20(24)21(25)26;1-12(17(19)21-9-3-8-18)13-4-5-15-11-16(20-2)7-6-14(15)10-13;1-9(14(15)16)10-3-4-12-8-13(17-2)6-5-11(12)7-10;4-2-1-3-5/h5-12,15-16,18H,4,13-14H2,1-3H3;6-9,13-15,20H,3-5,10-12H2,1-2H3,(H,25,26);4-7,10-12,18H,3,8-9H2,1-2H3;3-9H,1-2H3,(H,15,16);4-5H,1-3H2. The van der Waals surface area contributed by atoms with Gasteiger partial charge in [0.05, 0.1) is 83.4 Å². The van der Waals surface area contributed by atoms with Crippen LogP contribution in [-0.4, -0.2) is 166 Å². The van der Waals surface area contributed by atoms with Crippen LogP contribution in [0.15, 0.2) is 175 Å². The summed E-state index contributed by atoms with van der Waals surface area (Å²) < 4.78 is 66.6. The molecule has 0 radical (unpaired) electrons. The van der Waals surface area contributed by atoms with E-state index < -0.39 is 39.9 Å². The number of hydrogen-bond donors (Lipinski definition) is 5. The number of aliphatic hydroxyl groups excluding tert-OH is 3. The third-order valence-corrected chi connectivity index (χ3v) is 20.1. The fraction of sp³-hybridized carbons (Fsp3) is 0.358. The molecule has 0 amide bonds. The van der Waals surface area contributed by atoms with Crippen LogP contribution in [0.3, 0.4) is 0 Å². The Morgan fingerprint density at radius 3 is 1.15 bits per heavy atom. The normalized spacial score (nSPS) is 13.5. The molecule has 24 heteroatoms. The number of rotatable bonds is 28. The molecule has 0 aliphatic carbocycles. The molecule has 1 fully saturated rings. The number of ether oxygens (including phenoxy) is 7. The van der Waals surface area contributed by atoms with E-state index in [0.717, 1.165) is 100 Å². The lowest BCUT2D eigenvalue weighted by molar-refractivity contribution is -0.146. The molecule has 0 bridgehead atoms. The van der Waals surface area contributed by atoms with E-state index in [0.29, 0.717) is 48.9 Å². The van der Waals surface area contributed by atoms with Crippen LogP contribution in [-0.2, 0) is 52.5 Å². The highest BCUT2D eigenvalue weighted by atomic mass is 32.2. The molecule has 1 aliphatic rings. The van der Waals surface area contributed by atoms with Gasteiger partial charge in [0.25, 0.3) is 10.1 Å². The molecule has 0 saturated carbocycles. The number of thiocarbonyl (C=S) groups is 1. The van der Waals surface area contributed by atoms with E-state index in [9.17, 15) is 37.5 Å². The minimum absolute atomic E-state index is 0.0273. The van der Waals surface area contributed by atoms with Crippen LogP contribution in [0, 0.1) is 6.92 Å². The number of aryl methyl sites for hydroxylation is 1. The van der Waals surface area contributed by atoms with Crippen molar-refractivity contribution in [2.24, 2.45) is 0 Å². The number of aliphatic hydroxyl groups is 3. The molecule has 5 N–H and O–H groups in total. The van der Waals surface area contributed by atoms with Crippen molar-refractivity contribution in [3.05, 3.63) is 198 Å². The molecule has 105 heavy (non-hydrogen) atoms. The lowest BCUT2D eigenvalue weighted by Crippen LogP contribution is -2.38. The average Bonchev–Trinajstić information content (AvgIpc) is 1.75. The third-order valence-electron chi connectivity index (χ3n) is 17.2. The third kappa shape index (κ3) is 26.0. The molecule has 1 aliphatic heterocycles. The first-order chi connectivity index (χ1) is 50.4. The first kappa shape index (κ1) is 84.5. The van der Waals surface area contributed by atoms with Crippen molar-refractivity contribution in [2.45, 2.75) is 108 Å². The largest absolute Gasteiger partial charge is 0.497 e. The van der Waals surface area contributed by atoms with Crippen LogP contribution < -0.4 is 18.9 Å². The lowest BCUT2D eigenvalue weighted by Gasteiger charge is -2.23. The number of carbonyl (C=O) groups excluding carboxylic acids is 3. The zero-order chi connectivity index (χ0) is 76.6. The summed E-state index contributed by atoms with van der Waals surface area (Å²) in [6, 6.07) is 52.4. The van der Waals surface area contributed by atoms with Gasteiger partial charge in [0.2, 0.25) is 0 Å². The molecule has 5 atom stereocenters. The second-order valence-electron chi connectivity index (χ2n) is 24.6. The fourth-order valence-corrected chi connectivity index (χ4v) is 12.9. The van der Waals surface area contributed by atoms with Crippen LogP contribution in [0.4, 0.5) is 0 Å². The highest BCUT2D eigenvalue weighted by molar-refractivity contribution is 8.22. The number of carboxylic acids is 2. The van der Waals surface area contributed by atoms with Crippen LogP contribution in [0.2, 0.25) is 0 Å². The Balaban J connectivity index is 0.000000220. The van der Waals surface area contributed by atoms with Crippen molar-refractivity contribution in [3.63, 3.8) is 0 Å². The number of methoxy groups -OCH3 is 4. The molecule has 9 aromatic rings. The zero-order valence-electron chi connectivity index (χ0n) is 60.7. The summed E-state index contributed by atoms with van der Waals surface area (Å²) in [6.07, 6.45) is 3.38. The van der Waals surface area contributed by atoms with Crippen molar-refractivity contribution in [1.82, 2.24) is 4.90 Å². The van der Waals surface area contributed by atoms with Gasteiger partial charge in [0.15, 0.2) is 0 Å². The number of aliphatic carboxylic acids is 2. The number of carboxylic acid groups (broad SMARTS) is 2. The van der Waals surface area contributed by atoms with Crippen LogP contribution in [0.1, 0.15) is 118 Å². The minimum Gasteiger partial charge on any atom is -0.497 e. The Labute approximate surface area is 623 Å². The molecule has 21 nitrogen and oxygen atoms in total. The second kappa shape index (κ2) is 43.1. The average molecular weight is 1500 g/mol. The Morgan fingerprint density at radius 2 is 0.810 bits per heavy atom.